The molecule has 0 aliphatic heterocycles. The third kappa shape index (κ3) is 3.83. The van der Waals surface area contributed by atoms with Crippen LogP contribution in [0.2, 0.25) is 0 Å². The fraction of sp³-hybridized carbons (Fsp3) is 0.182. The molecule has 80 valence electrons. The summed E-state index contributed by atoms with van der Waals surface area (Å²) in [7, 11) is 0. The zero-order chi connectivity index (χ0) is 11.3. The second kappa shape index (κ2) is 5.66. The summed E-state index contributed by atoms with van der Waals surface area (Å²) in [5.74, 6) is -0.485. The zero-order valence-corrected chi connectivity index (χ0v) is 9.68. The van der Waals surface area contributed by atoms with Crippen molar-refractivity contribution in [3.63, 3.8) is 0 Å². The Morgan fingerprint density at radius 3 is 3.00 bits per heavy atom. The van der Waals surface area contributed by atoms with Gasteiger partial charge >= 0.3 is 0 Å². The van der Waals surface area contributed by atoms with Crippen LogP contribution in [0.5, 0.6) is 0 Å². The third-order valence-corrected chi connectivity index (χ3v) is 2.31. The largest absolute Gasteiger partial charge is 0.352 e. The van der Waals surface area contributed by atoms with Crippen LogP contribution >= 0.6 is 15.9 Å². The minimum Gasteiger partial charge on any atom is -0.352 e. The number of hydrogen-bond acceptors (Lipinski definition) is 1. The van der Waals surface area contributed by atoms with Gasteiger partial charge in [0.1, 0.15) is 5.82 Å². The first-order valence-corrected chi connectivity index (χ1v) is 5.24. The minimum absolute atomic E-state index is 0.163. The van der Waals surface area contributed by atoms with E-state index in [4.69, 9.17) is 0 Å². The molecule has 0 atom stereocenters. The maximum Gasteiger partial charge on any atom is 0.224 e. The van der Waals surface area contributed by atoms with E-state index in [9.17, 15) is 9.18 Å². The minimum atomic E-state index is -0.322. The smallest absolute Gasteiger partial charge is 0.224 e. The molecular formula is C11H11BrFNO. The van der Waals surface area contributed by atoms with Crippen LogP contribution in [-0.4, -0.2) is 5.91 Å². The van der Waals surface area contributed by atoms with E-state index in [1.54, 1.807) is 12.1 Å². The van der Waals surface area contributed by atoms with Gasteiger partial charge in [-0.15, -0.1) is 6.58 Å². The monoisotopic (exact) mass is 271 g/mol. The van der Waals surface area contributed by atoms with Gasteiger partial charge in [0.25, 0.3) is 0 Å². The summed E-state index contributed by atoms with van der Waals surface area (Å²) < 4.78 is 14.0. The highest BCUT2D eigenvalue weighted by Gasteiger charge is 2.04. The average molecular weight is 272 g/mol. The Hall–Kier alpha value is -1.16. The first-order valence-electron chi connectivity index (χ1n) is 4.45. The molecule has 0 aliphatic rings. The summed E-state index contributed by atoms with van der Waals surface area (Å²) in [6.07, 6.45) is 1.75. The van der Waals surface area contributed by atoms with Gasteiger partial charge < -0.3 is 5.32 Å². The van der Waals surface area contributed by atoms with Crippen LogP contribution in [0.25, 0.3) is 0 Å². The van der Waals surface area contributed by atoms with Crippen LogP contribution in [0, 0.1) is 5.82 Å². The van der Waals surface area contributed by atoms with E-state index in [0.29, 0.717) is 5.56 Å². The highest BCUT2D eigenvalue weighted by Crippen LogP contribution is 2.15. The molecule has 0 aliphatic carbocycles. The number of hydrogen-bond donors (Lipinski definition) is 1. The van der Waals surface area contributed by atoms with Gasteiger partial charge in [0, 0.05) is 23.0 Å². The Morgan fingerprint density at radius 1 is 1.60 bits per heavy atom. The molecule has 0 fully saturated rings. The Morgan fingerprint density at radius 2 is 2.33 bits per heavy atom. The fourth-order valence-electron chi connectivity index (χ4n) is 1.08. The lowest BCUT2D eigenvalue weighted by molar-refractivity contribution is -0.120. The summed E-state index contributed by atoms with van der Waals surface area (Å²) in [4.78, 5) is 11.1. The van der Waals surface area contributed by atoms with Gasteiger partial charge in [0.05, 0.1) is 0 Å². The quantitative estimate of drug-likeness (QED) is 0.839. The van der Waals surface area contributed by atoms with Gasteiger partial charge in [0.15, 0.2) is 0 Å². The second-order valence-electron chi connectivity index (χ2n) is 3.01. The highest BCUT2D eigenvalue weighted by atomic mass is 79.9. The van der Waals surface area contributed by atoms with Gasteiger partial charge in [-0.05, 0) is 18.2 Å². The van der Waals surface area contributed by atoms with E-state index < -0.39 is 0 Å². The van der Waals surface area contributed by atoms with E-state index >= 15 is 0 Å². The molecule has 1 aromatic rings. The van der Waals surface area contributed by atoms with Crippen molar-refractivity contribution in [1.29, 1.82) is 0 Å². The van der Waals surface area contributed by atoms with Crippen molar-refractivity contribution in [2.45, 2.75) is 13.0 Å². The van der Waals surface area contributed by atoms with Crippen molar-refractivity contribution >= 4 is 21.8 Å². The van der Waals surface area contributed by atoms with Crippen molar-refractivity contribution in [2.24, 2.45) is 0 Å². The number of nitrogens with one attached hydrogen (secondary N) is 1. The maximum absolute atomic E-state index is 13.2. The molecular weight excluding hydrogens is 261 g/mol. The lowest BCUT2D eigenvalue weighted by Crippen LogP contribution is -2.22. The molecule has 0 heterocycles. The number of amides is 1. The molecule has 1 amide bonds. The van der Waals surface area contributed by atoms with Crippen molar-refractivity contribution in [3.8, 4) is 0 Å². The number of carbonyl (C=O) groups is 1. The van der Waals surface area contributed by atoms with Crippen LogP contribution in [0.1, 0.15) is 12.0 Å². The van der Waals surface area contributed by atoms with Crippen LogP contribution in [0.3, 0.4) is 0 Å². The first kappa shape index (κ1) is 11.9. The summed E-state index contributed by atoms with van der Waals surface area (Å²) in [5, 5.41) is 2.60. The number of benzene rings is 1. The van der Waals surface area contributed by atoms with Gasteiger partial charge in [-0.3, -0.25) is 4.79 Å². The second-order valence-corrected chi connectivity index (χ2v) is 3.92. The predicted octanol–water partition coefficient (Wildman–Crippen LogP) is 2.78. The standard InChI is InChI=1S/C11H11BrFNO/c1-2-3-11(15)14-7-8-6-9(12)4-5-10(8)13/h2,4-6H,1,3,7H2,(H,14,15). The summed E-state index contributed by atoms with van der Waals surface area (Å²) in [5.41, 5.74) is 0.460. The van der Waals surface area contributed by atoms with E-state index in [2.05, 4.69) is 27.8 Å². The van der Waals surface area contributed by atoms with E-state index in [1.807, 2.05) is 0 Å². The molecule has 0 saturated heterocycles. The lowest BCUT2D eigenvalue weighted by atomic mass is 10.2. The normalized spacial score (nSPS) is 9.73. The molecule has 0 radical (unpaired) electrons. The Balaban J connectivity index is 2.60. The molecule has 0 bridgehead atoms. The van der Waals surface area contributed by atoms with Crippen molar-refractivity contribution in [3.05, 3.63) is 46.7 Å². The molecule has 0 saturated carbocycles. The fourth-order valence-corrected chi connectivity index (χ4v) is 1.48. The van der Waals surface area contributed by atoms with Crippen LogP contribution in [0.4, 0.5) is 4.39 Å². The Bertz CT molecular complexity index is 379. The van der Waals surface area contributed by atoms with E-state index in [0.717, 1.165) is 4.47 Å². The van der Waals surface area contributed by atoms with Crippen molar-refractivity contribution in [1.82, 2.24) is 5.32 Å². The maximum atomic E-state index is 13.2. The molecule has 0 unspecified atom stereocenters. The highest BCUT2D eigenvalue weighted by molar-refractivity contribution is 9.10. The van der Waals surface area contributed by atoms with Crippen LogP contribution < -0.4 is 5.32 Å². The van der Waals surface area contributed by atoms with Gasteiger partial charge in [-0.25, -0.2) is 4.39 Å². The third-order valence-electron chi connectivity index (χ3n) is 1.81. The van der Waals surface area contributed by atoms with Crippen molar-refractivity contribution < 1.29 is 9.18 Å². The molecule has 1 N–H and O–H groups in total. The van der Waals surface area contributed by atoms with Crippen molar-refractivity contribution in [2.75, 3.05) is 0 Å². The lowest BCUT2D eigenvalue weighted by Gasteiger charge is -2.05. The molecule has 4 heteroatoms. The summed E-state index contributed by atoms with van der Waals surface area (Å²) >= 11 is 3.24. The molecule has 0 aromatic heterocycles. The molecule has 15 heavy (non-hydrogen) atoms. The first-order chi connectivity index (χ1) is 7.13. The number of halogens is 2. The topological polar surface area (TPSA) is 29.1 Å². The summed E-state index contributed by atoms with van der Waals surface area (Å²) in [6.45, 7) is 3.64. The van der Waals surface area contributed by atoms with Gasteiger partial charge in [0.2, 0.25) is 5.91 Å². The number of carbonyl (C=O) groups excluding carboxylic acids is 1. The number of rotatable bonds is 4. The van der Waals surface area contributed by atoms with Gasteiger partial charge in [-0.2, -0.15) is 0 Å². The van der Waals surface area contributed by atoms with E-state index in [-0.39, 0.29) is 24.7 Å². The van der Waals surface area contributed by atoms with Crippen LogP contribution in [0.15, 0.2) is 35.3 Å². The molecule has 1 aromatic carbocycles. The Labute approximate surface area is 96.3 Å². The zero-order valence-electron chi connectivity index (χ0n) is 8.09. The predicted molar refractivity (Wildman–Crippen MR) is 60.8 cm³/mol. The Kier molecular flexibility index (Phi) is 4.49. The molecule has 2 nitrogen and oxygen atoms in total. The SMILES string of the molecule is C=CCC(=O)NCc1cc(Br)ccc1F. The summed E-state index contributed by atoms with van der Waals surface area (Å²) in [6, 6.07) is 4.62. The molecule has 1 rings (SSSR count). The van der Waals surface area contributed by atoms with E-state index in [1.165, 1.54) is 12.1 Å². The van der Waals surface area contributed by atoms with Crippen LogP contribution in [-0.2, 0) is 11.3 Å². The van der Waals surface area contributed by atoms with Gasteiger partial charge in [-0.1, -0.05) is 22.0 Å². The average Bonchev–Trinajstić information content (AvgIpc) is 2.20. The molecule has 0 spiro atoms.